The summed E-state index contributed by atoms with van der Waals surface area (Å²) < 4.78 is 107. The highest BCUT2D eigenvalue weighted by Crippen LogP contribution is 2.49. The summed E-state index contributed by atoms with van der Waals surface area (Å²) in [5.74, 6) is -5.76. The molecule has 13 nitrogen and oxygen atoms in total. The van der Waals surface area contributed by atoms with Gasteiger partial charge in [-0.15, -0.1) is 0 Å². The predicted octanol–water partition coefficient (Wildman–Crippen LogP) is 7.49. The van der Waals surface area contributed by atoms with Crippen molar-refractivity contribution in [2.24, 2.45) is 16.1 Å². The summed E-state index contributed by atoms with van der Waals surface area (Å²) in [5.41, 5.74) is 2.20. The van der Waals surface area contributed by atoms with Crippen molar-refractivity contribution in [3.05, 3.63) is 76.5 Å². The molecule has 2 aromatic heterocycles. The Morgan fingerprint density at radius 1 is 1.11 bits per heavy atom. The topological polar surface area (TPSA) is 158 Å². The van der Waals surface area contributed by atoms with E-state index in [0.29, 0.717) is 16.0 Å². The van der Waals surface area contributed by atoms with Crippen LogP contribution in [-0.2, 0) is 4.74 Å². The van der Waals surface area contributed by atoms with Gasteiger partial charge < -0.3 is 15.8 Å². The summed E-state index contributed by atoms with van der Waals surface area (Å²) in [6.07, 6.45) is -6.10. The van der Waals surface area contributed by atoms with Crippen molar-refractivity contribution in [2.75, 3.05) is 13.2 Å². The number of benzene rings is 2. The molecule has 0 aliphatic heterocycles. The first-order chi connectivity index (χ1) is 26.3. The summed E-state index contributed by atoms with van der Waals surface area (Å²) in [7, 11) is 0. The van der Waals surface area contributed by atoms with Crippen LogP contribution in [-0.4, -0.2) is 77.5 Å². The number of carbonyl (C=O) groups is 2. The fraction of sp³-hybridized carbons (Fsp3) is 0.457. The van der Waals surface area contributed by atoms with Crippen LogP contribution in [0, 0.1) is 17.0 Å². The SMILES string of the molecule is CC(C)(C)CCN=C(N)N(C(=O)c1ccc(-c2cnn(C3CC3)n2)c(F)c1F)[C@H](COC(=O)NC1(C(F)(F)F)CC1)c1ccc(Cl)c(-n2ncnc2C(F)F)c1. The van der Waals surface area contributed by atoms with Gasteiger partial charge >= 0.3 is 12.3 Å². The third-order valence-electron chi connectivity index (χ3n) is 9.24. The van der Waals surface area contributed by atoms with Gasteiger partial charge in [-0.2, -0.15) is 33.3 Å². The minimum Gasteiger partial charge on any atom is -0.447 e. The molecule has 0 bridgehead atoms. The van der Waals surface area contributed by atoms with E-state index in [4.69, 9.17) is 22.1 Å². The van der Waals surface area contributed by atoms with Crippen molar-refractivity contribution in [2.45, 2.75) is 83.1 Å². The largest absolute Gasteiger partial charge is 0.447 e. The van der Waals surface area contributed by atoms with Gasteiger partial charge in [-0.25, -0.2) is 32.0 Å². The van der Waals surface area contributed by atoms with Gasteiger partial charge in [0.15, 0.2) is 23.4 Å². The lowest BCUT2D eigenvalue weighted by molar-refractivity contribution is -0.164. The second kappa shape index (κ2) is 15.3. The summed E-state index contributed by atoms with van der Waals surface area (Å²) in [4.78, 5) is 37.3. The molecule has 0 radical (unpaired) electrons. The molecule has 0 unspecified atom stereocenters. The minimum absolute atomic E-state index is 0.00182. The first kappa shape index (κ1) is 40.4. The zero-order valence-electron chi connectivity index (χ0n) is 30.1. The van der Waals surface area contributed by atoms with Crippen LogP contribution >= 0.6 is 11.6 Å². The fourth-order valence-electron chi connectivity index (χ4n) is 5.70. The highest BCUT2D eigenvalue weighted by Gasteiger charge is 2.64. The summed E-state index contributed by atoms with van der Waals surface area (Å²) in [5, 5.41) is 13.8. The van der Waals surface area contributed by atoms with Crippen molar-refractivity contribution in [3.63, 3.8) is 0 Å². The smallest absolute Gasteiger partial charge is 0.411 e. The lowest BCUT2D eigenvalue weighted by Gasteiger charge is -2.32. The van der Waals surface area contributed by atoms with Crippen LogP contribution in [0.25, 0.3) is 16.9 Å². The van der Waals surface area contributed by atoms with Gasteiger partial charge in [-0.1, -0.05) is 38.4 Å². The molecule has 21 heteroatoms. The Morgan fingerprint density at radius 2 is 1.82 bits per heavy atom. The number of nitrogens with zero attached hydrogens (tertiary/aromatic N) is 8. The Balaban J connectivity index is 1.44. The van der Waals surface area contributed by atoms with Crippen LogP contribution in [0.15, 0.2) is 47.8 Å². The molecule has 6 rings (SSSR count). The van der Waals surface area contributed by atoms with E-state index in [-0.39, 0.29) is 45.5 Å². The standard InChI is InChI=1S/C35H36ClF7N10O3/c1-33(2,3)12-13-45-31(44)51(30(54)21-8-7-20(26(37)27(21)38)23-15-47-53(50-23)19-5-6-19)25(16-56-32(55)49-34(10-11-34)35(41,42)43)18-4-9-22(36)24(14-18)52-29(28(39)40)46-17-48-52/h4,7-9,14-15,17,19,25,28H,5-6,10-13,16H2,1-3H3,(H2,44,45)(H,49,55)/t25-/m1/s1. The zero-order valence-corrected chi connectivity index (χ0v) is 30.9. The number of guanidine groups is 1. The van der Waals surface area contributed by atoms with Crippen LogP contribution in [0.5, 0.6) is 0 Å². The van der Waals surface area contributed by atoms with Crippen molar-refractivity contribution in [3.8, 4) is 16.9 Å². The van der Waals surface area contributed by atoms with Gasteiger partial charge in [0.1, 0.15) is 24.2 Å². The minimum atomic E-state index is -4.80. The Morgan fingerprint density at radius 3 is 2.45 bits per heavy atom. The lowest BCUT2D eigenvalue weighted by Crippen LogP contribution is -2.49. The fourth-order valence-corrected chi connectivity index (χ4v) is 5.90. The van der Waals surface area contributed by atoms with Crippen LogP contribution in [0.1, 0.15) is 93.1 Å². The number of aliphatic imine (C=N–C) groups is 1. The molecule has 1 atom stereocenters. The summed E-state index contributed by atoms with van der Waals surface area (Å²) in [6.45, 7) is 4.77. The number of hydrogen-bond donors (Lipinski definition) is 2. The quantitative estimate of drug-likeness (QED) is 0.0847. The highest BCUT2D eigenvalue weighted by molar-refractivity contribution is 6.32. The Hall–Kier alpha value is -5.27. The molecular formula is C35H36ClF7N10O3. The molecule has 0 spiro atoms. The van der Waals surface area contributed by atoms with Crippen molar-refractivity contribution >= 4 is 29.6 Å². The van der Waals surface area contributed by atoms with Crippen LogP contribution < -0.4 is 11.1 Å². The molecule has 300 valence electrons. The normalized spacial score (nSPS) is 16.2. The van der Waals surface area contributed by atoms with E-state index in [9.17, 15) is 31.5 Å². The maximum absolute atomic E-state index is 16.0. The van der Waals surface area contributed by atoms with Gasteiger partial charge in [0.05, 0.1) is 34.6 Å². The average molecular weight is 813 g/mol. The number of alkyl halides is 5. The number of nitrogens with one attached hydrogen (secondary N) is 1. The van der Waals surface area contributed by atoms with Gasteiger partial charge in [-0.3, -0.25) is 14.7 Å². The van der Waals surface area contributed by atoms with E-state index in [0.717, 1.165) is 31.3 Å². The molecule has 2 saturated carbocycles. The molecule has 3 N–H and O–H groups in total. The van der Waals surface area contributed by atoms with Crippen molar-refractivity contribution in [1.82, 2.24) is 40.0 Å². The van der Waals surface area contributed by atoms with Crippen molar-refractivity contribution < 1.29 is 45.1 Å². The van der Waals surface area contributed by atoms with Crippen molar-refractivity contribution in [1.29, 1.82) is 0 Å². The number of carbonyl (C=O) groups excluding carboxylic acids is 2. The summed E-state index contributed by atoms with van der Waals surface area (Å²) >= 11 is 6.39. The van der Waals surface area contributed by atoms with E-state index < -0.39 is 84.6 Å². The molecule has 2 heterocycles. The third kappa shape index (κ3) is 8.58. The molecule has 4 aromatic rings. The zero-order chi connectivity index (χ0) is 40.7. The van der Waals surface area contributed by atoms with E-state index in [1.807, 2.05) is 26.1 Å². The van der Waals surface area contributed by atoms with E-state index >= 15 is 8.78 Å². The van der Waals surface area contributed by atoms with E-state index in [1.54, 1.807) is 0 Å². The van der Waals surface area contributed by atoms with Gasteiger partial charge in [0.2, 0.25) is 0 Å². The Labute approximate surface area is 320 Å². The number of halogens is 8. The third-order valence-corrected chi connectivity index (χ3v) is 9.56. The molecule has 2 amide bonds. The lowest BCUT2D eigenvalue weighted by atomic mass is 9.92. The van der Waals surface area contributed by atoms with Crippen LogP contribution in [0.2, 0.25) is 5.02 Å². The number of nitrogens with two attached hydrogens (primary N) is 1. The number of alkyl carbamates (subject to hydrolysis) is 1. The number of hydrogen-bond acceptors (Lipinski definition) is 8. The van der Waals surface area contributed by atoms with Gasteiger partial charge in [0.25, 0.3) is 12.3 Å². The first-order valence-corrected chi connectivity index (χ1v) is 17.7. The summed E-state index contributed by atoms with van der Waals surface area (Å²) in [6, 6.07) is 4.13. The monoisotopic (exact) mass is 812 g/mol. The number of ether oxygens (including phenoxy) is 1. The molecular weight excluding hydrogens is 777 g/mol. The first-order valence-electron chi connectivity index (χ1n) is 17.3. The van der Waals surface area contributed by atoms with Gasteiger partial charge in [-0.05, 0) is 67.3 Å². The van der Waals surface area contributed by atoms with Crippen LogP contribution in [0.3, 0.4) is 0 Å². The maximum atomic E-state index is 16.0. The molecule has 56 heavy (non-hydrogen) atoms. The molecule has 0 saturated heterocycles. The average Bonchev–Trinajstić information content (AvgIpc) is 4.02. The maximum Gasteiger partial charge on any atom is 0.411 e. The number of rotatable bonds is 12. The highest BCUT2D eigenvalue weighted by atomic mass is 35.5. The molecule has 2 aliphatic carbocycles. The van der Waals surface area contributed by atoms with E-state index in [2.05, 4.69) is 25.3 Å². The molecule has 2 aliphatic rings. The Bertz CT molecular complexity index is 2140. The predicted molar refractivity (Wildman–Crippen MR) is 187 cm³/mol. The van der Waals surface area contributed by atoms with E-state index in [1.165, 1.54) is 29.2 Å². The number of aromatic nitrogens is 6. The molecule has 2 aromatic carbocycles. The number of amides is 2. The van der Waals surface area contributed by atoms with Gasteiger partial charge in [0, 0.05) is 12.1 Å². The molecule has 2 fully saturated rings. The van der Waals surface area contributed by atoms with Crippen LogP contribution in [0.4, 0.5) is 35.5 Å². The second-order valence-electron chi connectivity index (χ2n) is 14.7. The second-order valence-corrected chi connectivity index (χ2v) is 15.1. The Kier molecular flexibility index (Phi) is 11.1.